The lowest BCUT2D eigenvalue weighted by atomic mass is 10.0. The Labute approximate surface area is 120 Å². The van der Waals surface area contributed by atoms with Crippen molar-refractivity contribution in [1.29, 1.82) is 0 Å². The van der Waals surface area contributed by atoms with Crippen molar-refractivity contribution in [1.82, 2.24) is 0 Å². The van der Waals surface area contributed by atoms with Crippen LogP contribution in [0.4, 0.5) is 0 Å². The Morgan fingerprint density at radius 3 is 2.94 bits per heavy atom. The van der Waals surface area contributed by atoms with Crippen LogP contribution in [-0.4, -0.2) is 6.61 Å². The number of benzene rings is 1. The van der Waals surface area contributed by atoms with E-state index in [-0.39, 0.29) is 0 Å². The van der Waals surface area contributed by atoms with Gasteiger partial charge in [-0.05, 0) is 49.1 Å². The van der Waals surface area contributed by atoms with Gasteiger partial charge in [0, 0.05) is 9.75 Å². The summed E-state index contributed by atoms with van der Waals surface area (Å²) in [6.07, 6.45) is 2.26. The third-order valence-electron chi connectivity index (χ3n) is 3.24. The first-order chi connectivity index (χ1) is 8.74. The summed E-state index contributed by atoms with van der Waals surface area (Å²) in [5.74, 6) is 1.06. The van der Waals surface area contributed by atoms with Gasteiger partial charge in [-0.15, -0.1) is 11.3 Å². The van der Waals surface area contributed by atoms with Crippen LogP contribution in [-0.2, 0) is 6.42 Å². The molecule has 0 bridgehead atoms. The maximum Gasteiger partial charge on any atom is 0.122 e. The Bertz CT molecular complexity index is 561. The number of alkyl halides is 1. The largest absolute Gasteiger partial charge is 0.493 e. The van der Waals surface area contributed by atoms with Gasteiger partial charge in [-0.1, -0.05) is 28.1 Å². The molecular weight excluding hydrogens is 308 g/mol. The smallest absolute Gasteiger partial charge is 0.122 e. The van der Waals surface area contributed by atoms with E-state index in [4.69, 9.17) is 4.74 Å². The van der Waals surface area contributed by atoms with Gasteiger partial charge in [0.25, 0.3) is 0 Å². The quantitative estimate of drug-likeness (QED) is 0.717. The van der Waals surface area contributed by atoms with Crippen LogP contribution in [0.3, 0.4) is 0 Å². The normalized spacial score (nSPS) is 15.9. The fourth-order valence-corrected chi connectivity index (χ4v) is 3.89. The molecule has 0 spiro atoms. The van der Waals surface area contributed by atoms with Gasteiger partial charge in [-0.25, -0.2) is 0 Å². The van der Waals surface area contributed by atoms with Crippen LogP contribution >= 0.6 is 27.3 Å². The molecule has 1 aromatic carbocycles. The Morgan fingerprint density at radius 1 is 1.28 bits per heavy atom. The van der Waals surface area contributed by atoms with Gasteiger partial charge in [-0.2, -0.15) is 0 Å². The second-order valence-electron chi connectivity index (χ2n) is 4.63. The second-order valence-corrected chi connectivity index (χ2v) is 6.87. The maximum absolute atomic E-state index is 5.66. The molecule has 2 aromatic rings. The molecule has 1 atom stereocenters. The monoisotopic (exact) mass is 322 g/mol. The third kappa shape index (κ3) is 2.34. The zero-order chi connectivity index (χ0) is 12.5. The molecule has 0 saturated heterocycles. The van der Waals surface area contributed by atoms with E-state index in [0.29, 0.717) is 4.83 Å². The van der Waals surface area contributed by atoms with Gasteiger partial charge in [0.2, 0.25) is 0 Å². The van der Waals surface area contributed by atoms with Gasteiger partial charge in [0.1, 0.15) is 5.75 Å². The summed E-state index contributed by atoms with van der Waals surface area (Å²) in [7, 11) is 0. The fraction of sp³-hybridized carbons (Fsp3) is 0.333. The minimum absolute atomic E-state index is 0.295. The molecule has 0 amide bonds. The summed E-state index contributed by atoms with van der Waals surface area (Å²) in [4.78, 5) is 3.02. The second kappa shape index (κ2) is 5.06. The van der Waals surface area contributed by atoms with E-state index in [9.17, 15) is 0 Å². The zero-order valence-corrected chi connectivity index (χ0v) is 12.7. The van der Waals surface area contributed by atoms with Gasteiger partial charge < -0.3 is 4.74 Å². The molecule has 3 heteroatoms. The lowest BCUT2D eigenvalue weighted by molar-refractivity contribution is 0.288. The molecule has 0 radical (unpaired) electrons. The van der Waals surface area contributed by atoms with Crippen LogP contribution in [0.2, 0.25) is 0 Å². The summed E-state index contributed by atoms with van der Waals surface area (Å²) >= 11 is 5.65. The highest BCUT2D eigenvalue weighted by Crippen LogP contribution is 2.37. The number of hydrogen-bond donors (Lipinski definition) is 0. The molecular formula is C15H15BrOS. The molecule has 2 heterocycles. The lowest BCUT2D eigenvalue weighted by Crippen LogP contribution is -2.08. The van der Waals surface area contributed by atoms with Crippen molar-refractivity contribution in [3.05, 3.63) is 51.2 Å². The predicted molar refractivity (Wildman–Crippen MR) is 80.1 cm³/mol. The summed E-state index contributed by atoms with van der Waals surface area (Å²) < 4.78 is 5.66. The minimum Gasteiger partial charge on any atom is -0.493 e. The van der Waals surface area contributed by atoms with Crippen molar-refractivity contribution >= 4 is 27.3 Å². The van der Waals surface area contributed by atoms with Crippen LogP contribution in [0.1, 0.15) is 32.1 Å². The van der Waals surface area contributed by atoms with E-state index in [1.54, 1.807) is 0 Å². The third-order valence-corrected chi connectivity index (χ3v) is 5.63. The summed E-state index contributed by atoms with van der Waals surface area (Å²) in [6, 6.07) is 10.9. The Hall–Kier alpha value is -0.800. The molecule has 0 aliphatic carbocycles. The van der Waals surface area contributed by atoms with Crippen molar-refractivity contribution < 1.29 is 4.74 Å². The SMILES string of the molecule is Cc1ccc(C(Br)c2ccc3c(c2)CCCO3)s1. The van der Waals surface area contributed by atoms with Gasteiger partial charge in [-0.3, -0.25) is 0 Å². The highest BCUT2D eigenvalue weighted by Gasteiger charge is 2.16. The van der Waals surface area contributed by atoms with E-state index in [1.165, 1.54) is 20.9 Å². The molecule has 1 aliphatic rings. The van der Waals surface area contributed by atoms with Crippen molar-refractivity contribution in [3.8, 4) is 5.75 Å². The van der Waals surface area contributed by atoms with Crippen LogP contribution in [0.5, 0.6) is 5.75 Å². The number of aryl methyl sites for hydroxylation is 2. The van der Waals surface area contributed by atoms with Gasteiger partial charge in [0.05, 0.1) is 11.4 Å². The highest BCUT2D eigenvalue weighted by molar-refractivity contribution is 9.09. The highest BCUT2D eigenvalue weighted by atomic mass is 79.9. The van der Waals surface area contributed by atoms with E-state index >= 15 is 0 Å². The topological polar surface area (TPSA) is 9.23 Å². The summed E-state index contributed by atoms with van der Waals surface area (Å²) in [5.41, 5.74) is 2.66. The molecule has 94 valence electrons. The van der Waals surface area contributed by atoms with Crippen molar-refractivity contribution in [2.75, 3.05) is 6.61 Å². The molecule has 1 nitrogen and oxygen atoms in total. The molecule has 0 N–H and O–H groups in total. The van der Waals surface area contributed by atoms with Crippen molar-refractivity contribution in [2.24, 2.45) is 0 Å². The fourth-order valence-electron chi connectivity index (χ4n) is 2.29. The molecule has 1 aliphatic heterocycles. The number of thiophene rings is 1. The van der Waals surface area contributed by atoms with Crippen LogP contribution in [0, 0.1) is 6.92 Å². The molecule has 0 fully saturated rings. The first-order valence-corrected chi connectivity index (χ1v) is 7.93. The first-order valence-electron chi connectivity index (χ1n) is 6.20. The van der Waals surface area contributed by atoms with Crippen LogP contribution in [0.15, 0.2) is 30.3 Å². The van der Waals surface area contributed by atoms with E-state index in [0.717, 1.165) is 25.2 Å². The van der Waals surface area contributed by atoms with E-state index < -0.39 is 0 Å². The average Bonchev–Trinajstić information content (AvgIpc) is 2.84. The van der Waals surface area contributed by atoms with Crippen molar-refractivity contribution in [3.63, 3.8) is 0 Å². The Balaban J connectivity index is 1.92. The predicted octanol–water partition coefficient (Wildman–Crippen LogP) is 4.87. The Morgan fingerprint density at radius 2 is 2.17 bits per heavy atom. The summed E-state index contributed by atoms with van der Waals surface area (Å²) in [5, 5.41) is 0. The summed E-state index contributed by atoms with van der Waals surface area (Å²) in [6.45, 7) is 3.00. The number of hydrogen-bond acceptors (Lipinski definition) is 2. The first kappa shape index (κ1) is 12.2. The molecule has 18 heavy (non-hydrogen) atoms. The number of halogens is 1. The lowest BCUT2D eigenvalue weighted by Gasteiger charge is -2.19. The number of fused-ring (bicyclic) bond motifs is 1. The van der Waals surface area contributed by atoms with E-state index in [1.807, 2.05) is 11.3 Å². The standard InChI is InChI=1S/C15H15BrOS/c1-10-4-7-14(18-10)15(16)12-5-6-13-11(9-12)3-2-8-17-13/h4-7,9,15H,2-3,8H2,1H3. The van der Waals surface area contributed by atoms with Crippen molar-refractivity contribution in [2.45, 2.75) is 24.6 Å². The van der Waals surface area contributed by atoms with Gasteiger partial charge >= 0.3 is 0 Å². The molecule has 1 unspecified atom stereocenters. The number of ether oxygens (including phenoxy) is 1. The molecule has 0 saturated carbocycles. The maximum atomic E-state index is 5.66. The Kier molecular flexibility index (Phi) is 3.44. The van der Waals surface area contributed by atoms with E-state index in [2.05, 4.69) is 53.2 Å². The van der Waals surface area contributed by atoms with Crippen LogP contribution in [0.25, 0.3) is 0 Å². The molecule has 1 aromatic heterocycles. The minimum atomic E-state index is 0.295. The molecule has 3 rings (SSSR count). The van der Waals surface area contributed by atoms with Gasteiger partial charge in [0.15, 0.2) is 0 Å². The average molecular weight is 323 g/mol. The number of rotatable bonds is 2. The zero-order valence-electron chi connectivity index (χ0n) is 10.3. The van der Waals surface area contributed by atoms with Crippen LogP contribution < -0.4 is 4.74 Å².